The number of esters is 2. The third-order valence-electron chi connectivity index (χ3n) is 2.52. The van der Waals surface area contributed by atoms with E-state index in [0.717, 1.165) is 0 Å². The number of carbonyl (C=O) groups excluding carboxylic acids is 4. The van der Waals surface area contributed by atoms with Crippen LogP contribution in [0.4, 0.5) is 0 Å². The molecule has 0 atom stereocenters. The summed E-state index contributed by atoms with van der Waals surface area (Å²) in [5.41, 5.74) is 10.3. The first-order chi connectivity index (χ1) is 10.4. The van der Waals surface area contributed by atoms with Gasteiger partial charge in [-0.25, -0.2) is 9.59 Å². The van der Waals surface area contributed by atoms with Crippen molar-refractivity contribution in [2.45, 2.75) is 12.8 Å². The molecule has 0 aromatic heterocycles. The van der Waals surface area contributed by atoms with Crippen molar-refractivity contribution in [3.05, 3.63) is 35.4 Å². The lowest BCUT2D eigenvalue weighted by atomic mass is 10.1. The van der Waals surface area contributed by atoms with Gasteiger partial charge in [-0.15, -0.1) is 0 Å². The Bertz CT molecular complexity index is 516. The lowest BCUT2D eigenvalue weighted by Gasteiger charge is -2.05. The van der Waals surface area contributed by atoms with Crippen molar-refractivity contribution in [3.8, 4) is 0 Å². The second-order valence-corrected chi connectivity index (χ2v) is 4.28. The summed E-state index contributed by atoms with van der Waals surface area (Å²) in [6.07, 6.45) is -0.119. The number of primary amides is 2. The maximum absolute atomic E-state index is 11.6. The van der Waals surface area contributed by atoms with Crippen LogP contribution in [-0.2, 0) is 19.1 Å². The van der Waals surface area contributed by atoms with Crippen LogP contribution in [-0.4, -0.2) is 37.0 Å². The third-order valence-corrected chi connectivity index (χ3v) is 2.52. The molecule has 0 fully saturated rings. The fourth-order valence-electron chi connectivity index (χ4n) is 1.40. The Hall–Kier alpha value is -2.90. The maximum atomic E-state index is 11.6. The van der Waals surface area contributed by atoms with Gasteiger partial charge in [0.1, 0.15) is 13.2 Å². The van der Waals surface area contributed by atoms with E-state index in [2.05, 4.69) is 0 Å². The van der Waals surface area contributed by atoms with E-state index in [1.54, 1.807) is 0 Å². The number of benzene rings is 1. The molecular weight excluding hydrogens is 292 g/mol. The van der Waals surface area contributed by atoms with Crippen molar-refractivity contribution >= 4 is 23.8 Å². The molecule has 4 N–H and O–H groups in total. The average Bonchev–Trinajstić information content (AvgIpc) is 2.46. The topological polar surface area (TPSA) is 139 Å². The van der Waals surface area contributed by atoms with Crippen molar-refractivity contribution in [1.29, 1.82) is 0 Å². The second-order valence-electron chi connectivity index (χ2n) is 4.28. The van der Waals surface area contributed by atoms with Crippen molar-refractivity contribution in [3.63, 3.8) is 0 Å². The van der Waals surface area contributed by atoms with Crippen molar-refractivity contribution in [2.24, 2.45) is 11.5 Å². The van der Waals surface area contributed by atoms with Gasteiger partial charge in [0.05, 0.1) is 24.0 Å². The Kier molecular flexibility index (Phi) is 6.55. The molecule has 2 amide bonds. The van der Waals surface area contributed by atoms with Crippen LogP contribution >= 0.6 is 0 Å². The van der Waals surface area contributed by atoms with Gasteiger partial charge in [-0.2, -0.15) is 0 Å². The van der Waals surface area contributed by atoms with Crippen LogP contribution in [0.3, 0.4) is 0 Å². The molecule has 0 heterocycles. The molecule has 8 heteroatoms. The quantitative estimate of drug-likeness (QED) is 0.635. The fraction of sp³-hybridized carbons (Fsp3) is 0.286. The highest BCUT2D eigenvalue weighted by atomic mass is 16.5. The molecule has 0 saturated heterocycles. The highest BCUT2D eigenvalue weighted by molar-refractivity contribution is 5.93. The molecule has 0 spiro atoms. The number of ether oxygens (including phenoxy) is 2. The summed E-state index contributed by atoms with van der Waals surface area (Å²) >= 11 is 0. The Labute approximate surface area is 126 Å². The summed E-state index contributed by atoms with van der Waals surface area (Å²) in [5.74, 6) is -2.39. The van der Waals surface area contributed by atoms with E-state index in [0.29, 0.717) is 0 Å². The summed E-state index contributed by atoms with van der Waals surface area (Å²) in [7, 11) is 0. The molecule has 22 heavy (non-hydrogen) atoms. The van der Waals surface area contributed by atoms with E-state index in [-0.39, 0.29) is 37.2 Å². The zero-order valence-corrected chi connectivity index (χ0v) is 11.7. The van der Waals surface area contributed by atoms with E-state index in [4.69, 9.17) is 20.9 Å². The van der Waals surface area contributed by atoms with Gasteiger partial charge in [-0.05, 0) is 24.3 Å². The molecule has 0 saturated carbocycles. The minimum atomic E-state index is -0.630. The van der Waals surface area contributed by atoms with Crippen LogP contribution in [0.25, 0.3) is 0 Å². The molecule has 0 radical (unpaired) electrons. The fourth-order valence-corrected chi connectivity index (χ4v) is 1.40. The summed E-state index contributed by atoms with van der Waals surface area (Å²) in [6, 6.07) is 5.54. The van der Waals surface area contributed by atoms with Gasteiger partial charge in [0.15, 0.2) is 0 Å². The van der Waals surface area contributed by atoms with Gasteiger partial charge in [0.25, 0.3) is 0 Å². The number of hydrogen-bond donors (Lipinski definition) is 2. The number of rotatable bonds is 8. The molecule has 0 aliphatic rings. The smallest absolute Gasteiger partial charge is 0.338 e. The van der Waals surface area contributed by atoms with Crippen LogP contribution < -0.4 is 11.5 Å². The largest absolute Gasteiger partial charge is 0.462 e. The predicted octanol–water partition coefficient (Wildman–Crippen LogP) is -0.249. The van der Waals surface area contributed by atoms with Gasteiger partial charge in [0.2, 0.25) is 11.8 Å². The highest BCUT2D eigenvalue weighted by Gasteiger charge is 2.11. The van der Waals surface area contributed by atoms with Gasteiger partial charge in [0, 0.05) is 0 Å². The second kappa shape index (κ2) is 8.40. The SMILES string of the molecule is NC(=O)CCOC(=O)c1ccc(C(=O)OCCC(N)=O)cc1. The predicted molar refractivity (Wildman–Crippen MR) is 74.6 cm³/mol. The van der Waals surface area contributed by atoms with Crippen molar-refractivity contribution in [1.82, 2.24) is 0 Å². The van der Waals surface area contributed by atoms with Crippen molar-refractivity contribution in [2.75, 3.05) is 13.2 Å². The van der Waals surface area contributed by atoms with Crippen LogP contribution in [0.2, 0.25) is 0 Å². The first-order valence-electron chi connectivity index (χ1n) is 6.41. The molecule has 1 aromatic rings. The molecule has 1 rings (SSSR count). The minimum Gasteiger partial charge on any atom is -0.462 e. The van der Waals surface area contributed by atoms with Crippen LogP contribution in [0, 0.1) is 0 Å². The molecule has 118 valence electrons. The Morgan fingerprint density at radius 2 is 1.05 bits per heavy atom. The lowest BCUT2D eigenvalue weighted by molar-refractivity contribution is -0.119. The van der Waals surface area contributed by atoms with Crippen LogP contribution in [0.5, 0.6) is 0 Å². The van der Waals surface area contributed by atoms with E-state index in [1.165, 1.54) is 24.3 Å². The number of amides is 2. The monoisotopic (exact) mass is 308 g/mol. The normalized spacial score (nSPS) is 9.82. The third kappa shape index (κ3) is 6.04. The summed E-state index contributed by atoms with van der Waals surface area (Å²) in [6.45, 7) is -0.212. The average molecular weight is 308 g/mol. The first-order valence-corrected chi connectivity index (χ1v) is 6.41. The molecule has 1 aromatic carbocycles. The summed E-state index contributed by atoms with van der Waals surface area (Å²) in [4.78, 5) is 44.3. The Morgan fingerprint density at radius 3 is 1.32 bits per heavy atom. The van der Waals surface area contributed by atoms with E-state index < -0.39 is 23.8 Å². The maximum Gasteiger partial charge on any atom is 0.338 e. The Balaban J connectivity index is 2.51. The molecular formula is C14H16N2O6. The molecule has 0 aliphatic carbocycles. The number of carbonyl (C=O) groups is 4. The zero-order chi connectivity index (χ0) is 16.5. The van der Waals surface area contributed by atoms with Gasteiger partial charge >= 0.3 is 11.9 Å². The van der Waals surface area contributed by atoms with E-state index in [1.807, 2.05) is 0 Å². The molecule has 8 nitrogen and oxygen atoms in total. The number of hydrogen-bond acceptors (Lipinski definition) is 6. The first kappa shape index (κ1) is 17.2. The number of nitrogens with two attached hydrogens (primary N) is 2. The molecule has 0 unspecified atom stereocenters. The molecule has 0 bridgehead atoms. The summed E-state index contributed by atoms with van der Waals surface area (Å²) in [5, 5.41) is 0. The standard InChI is InChI=1S/C14H16N2O6/c15-11(17)5-7-21-13(19)9-1-2-10(4-3-9)14(20)22-8-6-12(16)18/h1-4H,5-8H2,(H2,15,17)(H2,16,18). The van der Waals surface area contributed by atoms with E-state index >= 15 is 0 Å². The van der Waals surface area contributed by atoms with Gasteiger partial charge in [-0.3, -0.25) is 9.59 Å². The van der Waals surface area contributed by atoms with Gasteiger partial charge in [-0.1, -0.05) is 0 Å². The van der Waals surface area contributed by atoms with E-state index in [9.17, 15) is 19.2 Å². The van der Waals surface area contributed by atoms with Crippen LogP contribution in [0.1, 0.15) is 33.6 Å². The van der Waals surface area contributed by atoms with Crippen LogP contribution in [0.15, 0.2) is 24.3 Å². The Morgan fingerprint density at radius 1 is 0.727 bits per heavy atom. The zero-order valence-electron chi connectivity index (χ0n) is 11.7. The molecule has 0 aliphatic heterocycles. The highest BCUT2D eigenvalue weighted by Crippen LogP contribution is 2.08. The summed E-state index contributed by atoms with van der Waals surface area (Å²) < 4.78 is 9.65. The van der Waals surface area contributed by atoms with Gasteiger partial charge < -0.3 is 20.9 Å². The minimum absolute atomic E-state index is 0.0595. The van der Waals surface area contributed by atoms with Crippen molar-refractivity contribution < 1.29 is 28.7 Å². The lowest BCUT2D eigenvalue weighted by Crippen LogP contribution is -2.16.